The Morgan fingerprint density at radius 3 is 1.25 bits per heavy atom. The van der Waals surface area contributed by atoms with Crippen molar-refractivity contribution < 1.29 is 45.6 Å². The molecule has 0 aromatic heterocycles. The monoisotopic (exact) mass is 906 g/mol. The van der Waals surface area contributed by atoms with Crippen molar-refractivity contribution in [3.8, 4) is 34.5 Å². The minimum absolute atomic E-state index is 0. The van der Waals surface area contributed by atoms with Crippen LogP contribution in [-0.2, 0) is 33.1 Å². The normalized spacial score (nSPS) is 11.3. The molecule has 0 spiro atoms. The molecule has 0 saturated carbocycles. The van der Waals surface area contributed by atoms with Gasteiger partial charge < -0.3 is 24.2 Å². The molecular formula is C48H66CaO10S2. The topological polar surface area (TPSA) is 173 Å². The second-order valence-corrected chi connectivity index (χ2v) is 18.2. The number of phenolic OH excluding ortho intramolecular Hbond substituents is 1. The summed E-state index contributed by atoms with van der Waals surface area (Å²) in [6.07, 6.45) is 24.8. The zero-order valence-corrected chi connectivity index (χ0v) is 40.2. The summed E-state index contributed by atoms with van der Waals surface area (Å²) >= 11 is 0. The molecule has 4 rings (SSSR count). The number of unbranched alkanes of at least 4 members (excludes halogenated alkanes) is 18. The molecule has 0 bridgehead atoms. The minimum Gasteiger partial charge on any atom is -0.872 e. The Labute approximate surface area is 396 Å². The molecule has 0 fully saturated rings. The van der Waals surface area contributed by atoms with E-state index in [1.807, 2.05) is 12.1 Å². The maximum Gasteiger partial charge on any atom is 2.00 e. The third-order valence-electron chi connectivity index (χ3n) is 10.3. The second kappa shape index (κ2) is 30.3. The largest absolute Gasteiger partial charge is 2.00 e. The molecule has 0 heterocycles. The summed E-state index contributed by atoms with van der Waals surface area (Å²) in [5, 5.41) is 22.0. The zero-order valence-electron chi connectivity index (χ0n) is 36.3. The van der Waals surface area contributed by atoms with E-state index in [0.717, 1.165) is 50.7 Å². The third-order valence-corrected chi connectivity index (χ3v) is 12.0. The Bertz CT molecular complexity index is 1880. The van der Waals surface area contributed by atoms with Gasteiger partial charge in [-0.15, -0.1) is 5.75 Å². The van der Waals surface area contributed by atoms with E-state index in [1.165, 1.54) is 102 Å². The van der Waals surface area contributed by atoms with Gasteiger partial charge in [-0.25, -0.2) is 8.42 Å². The third kappa shape index (κ3) is 21.9. The number of hydrogen-bond donors (Lipinski definition) is 2. The Morgan fingerprint density at radius 2 is 0.869 bits per heavy atom. The summed E-state index contributed by atoms with van der Waals surface area (Å²) in [5.41, 5.74) is 1.05. The van der Waals surface area contributed by atoms with Gasteiger partial charge in [0, 0.05) is 6.07 Å². The van der Waals surface area contributed by atoms with Gasteiger partial charge in [0.2, 0.25) is 0 Å². The Hall–Kier alpha value is -2.84. The quantitative estimate of drug-likeness (QED) is 0.0317. The number of ether oxygens (including phenoxy) is 2. The first kappa shape index (κ1) is 54.3. The average molecular weight is 907 g/mol. The van der Waals surface area contributed by atoms with E-state index >= 15 is 0 Å². The first-order valence-corrected chi connectivity index (χ1v) is 24.8. The van der Waals surface area contributed by atoms with Crippen molar-refractivity contribution in [3.05, 3.63) is 96.1 Å². The molecule has 4 aromatic carbocycles. The SMILES string of the molecule is CCCCCCCCCCCCc1cc(O)cc(S(=O)(=O)O)c1Oc1ccccc1.CCCCCCCCCCCCc1cc([O-])cc(S(=O)(=O)[O-])c1Oc1ccccc1.[Ca+2]. The van der Waals surface area contributed by atoms with Crippen LogP contribution >= 0.6 is 0 Å². The van der Waals surface area contributed by atoms with Crippen LogP contribution in [-0.4, -0.2) is 68.8 Å². The molecule has 4 aromatic rings. The van der Waals surface area contributed by atoms with E-state index in [-0.39, 0.29) is 55.0 Å². The van der Waals surface area contributed by atoms with E-state index in [9.17, 15) is 36.2 Å². The minimum atomic E-state index is -4.83. The molecule has 0 saturated heterocycles. The van der Waals surface area contributed by atoms with Crippen molar-refractivity contribution in [2.75, 3.05) is 0 Å². The van der Waals surface area contributed by atoms with E-state index < -0.39 is 35.8 Å². The molecule has 0 atom stereocenters. The van der Waals surface area contributed by atoms with Gasteiger partial charge in [0.15, 0.2) is 5.75 Å². The Kier molecular flexibility index (Phi) is 27.0. The predicted octanol–water partition coefficient (Wildman–Crippen LogP) is 12.4. The number of rotatable bonds is 28. The summed E-state index contributed by atoms with van der Waals surface area (Å²) in [6, 6.07) is 22.3. The summed E-state index contributed by atoms with van der Waals surface area (Å²) in [4.78, 5) is -0.991. The molecule has 0 radical (unpaired) electrons. The van der Waals surface area contributed by atoms with Crippen LogP contribution < -0.4 is 14.6 Å². The van der Waals surface area contributed by atoms with Gasteiger partial charge >= 0.3 is 37.7 Å². The van der Waals surface area contributed by atoms with Gasteiger partial charge in [0.1, 0.15) is 38.0 Å². The first-order valence-electron chi connectivity index (χ1n) is 21.9. The van der Waals surface area contributed by atoms with Crippen LogP contribution in [0.2, 0.25) is 0 Å². The summed E-state index contributed by atoms with van der Waals surface area (Å²) in [5.74, 6) is 0.254. The summed E-state index contributed by atoms with van der Waals surface area (Å²) in [7, 11) is -9.36. The van der Waals surface area contributed by atoms with Gasteiger partial charge in [0.25, 0.3) is 10.1 Å². The van der Waals surface area contributed by atoms with Crippen LogP contribution in [0.3, 0.4) is 0 Å². The second-order valence-electron chi connectivity index (χ2n) is 15.5. The Morgan fingerprint density at radius 1 is 0.508 bits per heavy atom. The van der Waals surface area contributed by atoms with Gasteiger partial charge in [-0.05, 0) is 73.2 Å². The number of aromatic hydroxyl groups is 1. The van der Waals surface area contributed by atoms with Crippen molar-refractivity contribution in [2.45, 2.75) is 165 Å². The fourth-order valence-electron chi connectivity index (χ4n) is 7.07. The van der Waals surface area contributed by atoms with Crippen LogP contribution in [0.4, 0.5) is 0 Å². The predicted molar refractivity (Wildman–Crippen MR) is 242 cm³/mol. The summed E-state index contributed by atoms with van der Waals surface area (Å²) < 4.78 is 80.0. The van der Waals surface area contributed by atoms with Crippen LogP contribution in [0.25, 0.3) is 0 Å². The number of benzene rings is 4. The van der Waals surface area contributed by atoms with Gasteiger partial charge in [0.05, 0.1) is 4.90 Å². The Balaban J connectivity index is 0.000000413. The molecule has 0 aliphatic carbocycles. The van der Waals surface area contributed by atoms with Gasteiger partial charge in [-0.1, -0.05) is 172 Å². The molecule has 0 unspecified atom stereocenters. The molecule has 0 amide bonds. The maximum absolute atomic E-state index is 12.0. The summed E-state index contributed by atoms with van der Waals surface area (Å²) in [6.45, 7) is 4.44. The zero-order chi connectivity index (χ0) is 43.6. The smallest absolute Gasteiger partial charge is 0.872 e. The van der Waals surface area contributed by atoms with Gasteiger partial charge in [-0.2, -0.15) is 8.42 Å². The number of para-hydroxylation sites is 2. The van der Waals surface area contributed by atoms with Crippen LogP contribution in [0, 0.1) is 0 Å². The number of aryl methyl sites for hydroxylation is 2. The van der Waals surface area contributed by atoms with Gasteiger partial charge in [-0.3, -0.25) is 4.55 Å². The number of hydrogen-bond acceptors (Lipinski definition) is 9. The van der Waals surface area contributed by atoms with Crippen molar-refractivity contribution in [2.24, 2.45) is 0 Å². The molecule has 332 valence electrons. The van der Waals surface area contributed by atoms with E-state index in [2.05, 4.69) is 13.8 Å². The maximum atomic E-state index is 12.0. The van der Waals surface area contributed by atoms with E-state index in [0.29, 0.717) is 35.5 Å². The number of phenols is 1. The van der Waals surface area contributed by atoms with E-state index in [1.54, 1.807) is 48.5 Å². The van der Waals surface area contributed by atoms with Crippen LogP contribution in [0.5, 0.6) is 34.5 Å². The molecule has 0 aliphatic rings. The molecule has 13 heteroatoms. The molecule has 2 N–H and O–H groups in total. The van der Waals surface area contributed by atoms with Crippen molar-refractivity contribution in [1.29, 1.82) is 0 Å². The first-order chi connectivity index (χ1) is 28.8. The molecular weight excluding hydrogens is 841 g/mol. The van der Waals surface area contributed by atoms with Crippen molar-refractivity contribution in [1.82, 2.24) is 0 Å². The fraction of sp³-hybridized carbons (Fsp3) is 0.500. The standard InChI is InChI=1S/2C24H34O5S.Ca/c2*1-2-3-4-5-6-7-8-9-10-12-15-20-18-21(25)19-23(30(26,27)28)24(20)29-22-16-13-11-14-17-22;/h2*11,13-14,16-19,25H,2-10,12,15H2,1H3,(H,26,27,28);/q;;+2/p-2. The fourth-order valence-corrected chi connectivity index (χ4v) is 8.41. The molecule has 61 heavy (non-hydrogen) atoms. The van der Waals surface area contributed by atoms with Crippen molar-refractivity contribution in [3.63, 3.8) is 0 Å². The average Bonchev–Trinajstić information content (AvgIpc) is 3.21. The van der Waals surface area contributed by atoms with E-state index in [4.69, 9.17) is 9.47 Å². The van der Waals surface area contributed by atoms with Crippen molar-refractivity contribution >= 4 is 58.0 Å². The molecule has 0 aliphatic heterocycles. The molecule has 10 nitrogen and oxygen atoms in total. The van der Waals surface area contributed by atoms with Crippen LogP contribution in [0.15, 0.2) is 94.7 Å². The van der Waals surface area contributed by atoms with Crippen LogP contribution in [0.1, 0.15) is 153 Å².